The first-order valence-corrected chi connectivity index (χ1v) is 8.67. The molecule has 6 heteroatoms. The number of anilines is 1. The third-order valence-corrected chi connectivity index (χ3v) is 4.62. The highest BCUT2D eigenvalue weighted by Gasteiger charge is 2.23. The number of fused-ring (bicyclic) bond motifs is 1. The van der Waals surface area contributed by atoms with Gasteiger partial charge in [0.05, 0.1) is 5.41 Å². The summed E-state index contributed by atoms with van der Waals surface area (Å²) in [7, 11) is 0. The molecule has 1 amide bonds. The lowest BCUT2D eigenvalue weighted by atomic mass is 9.91. The first-order chi connectivity index (χ1) is 12.0. The Labute approximate surface area is 153 Å². The van der Waals surface area contributed by atoms with E-state index in [2.05, 4.69) is 5.32 Å². The number of amides is 1. The highest BCUT2D eigenvalue weighted by Crippen LogP contribution is 2.28. The van der Waals surface area contributed by atoms with Crippen LogP contribution in [0.15, 0.2) is 24.3 Å². The van der Waals surface area contributed by atoms with Crippen molar-refractivity contribution < 1.29 is 24.6 Å². The van der Waals surface area contributed by atoms with Gasteiger partial charge in [0.15, 0.2) is 5.78 Å². The fraction of sp³-hybridized carbons (Fsp3) is 0.450. The molecule has 1 aromatic carbocycles. The number of aliphatic hydroxyl groups is 1. The summed E-state index contributed by atoms with van der Waals surface area (Å²) in [6, 6.07) is 4.90. The number of ketones is 1. The minimum atomic E-state index is -0.722. The Balaban J connectivity index is 0.000000359. The molecule has 0 aromatic heterocycles. The van der Waals surface area contributed by atoms with Gasteiger partial charge in [0, 0.05) is 28.8 Å². The van der Waals surface area contributed by atoms with Gasteiger partial charge < -0.3 is 15.5 Å². The van der Waals surface area contributed by atoms with E-state index < -0.39 is 11.4 Å². The van der Waals surface area contributed by atoms with Crippen molar-refractivity contribution in [3.05, 3.63) is 35.4 Å². The number of allylic oxidation sites excluding steroid dienone is 1. The predicted octanol–water partition coefficient (Wildman–Crippen LogP) is 4.27. The van der Waals surface area contributed by atoms with Crippen molar-refractivity contribution in [3.63, 3.8) is 0 Å². The molecule has 0 fully saturated rings. The number of carbonyl (C=O) groups excluding carboxylic acids is 2. The Morgan fingerprint density at radius 3 is 2.27 bits per heavy atom. The zero-order valence-electron chi connectivity index (χ0n) is 15.9. The molecule has 142 valence electrons. The van der Waals surface area contributed by atoms with E-state index in [1.807, 2.05) is 20.8 Å². The van der Waals surface area contributed by atoms with Gasteiger partial charge in [-0.25, -0.2) is 0 Å². The van der Waals surface area contributed by atoms with Gasteiger partial charge in [0.1, 0.15) is 5.76 Å². The molecule has 0 radical (unpaired) electrons. The van der Waals surface area contributed by atoms with Crippen molar-refractivity contribution in [3.8, 4) is 0 Å². The third-order valence-electron chi connectivity index (χ3n) is 4.62. The summed E-state index contributed by atoms with van der Waals surface area (Å²) in [6.07, 6.45) is 2.63. The molecule has 1 aliphatic carbocycles. The number of carbonyl (C=O) groups is 3. The third kappa shape index (κ3) is 5.18. The number of hydrogen-bond donors (Lipinski definition) is 3. The summed E-state index contributed by atoms with van der Waals surface area (Å²) in [5, 5.41) is 20.8. The average Bonchev–Trinajstić information content (AvgIpc) is 2.88. The average molecular weight is 361 g/mol. The number of rotatable bonds is 5. The lowest BCUT2D eigenvalue weighted by Gasteiger charge is -2.14. The van der Waals surface area contributed by atoms with Gasteiger partial charge >= 0.3 is 5.97 Å². The van der Waals surface area contributed by atoms with Crippen molar-refractivity contribution >= 4 is 29.1 Å². The SMILES string of the molecule is CCC(C)(C)C(=O)O.CCC(C)C(=O)Nc1ccc2c(c1)C(O)=CC2=O. The maximum absolute atomic E-state index is 11.7. The maximum atomic E-state index is 11.7. The highest BCUT2D eigenvalue weighted by atomic mass is 16.4. The monoisotopic (exact) mass is 361 g/mol. The quantitative estimate of drug-likeness (QED) is 0.726. The smallest absolute Gasteiger partial charge is 0.309 e. The van der Waals surface area contributed by atoms with Gasteiger partial charge in [-0.05, 0) is 44.9 Å². The molecule has 0 aliphatic heterocycles. The van der Waals surface area contributed by atoms with Crippen molar-refractivity contribution in [2.45, 2.75) is 47.5 Å². The van der Waals surface area contributed by atoms with E-state index in [1.165, 1.54) is 6.08 Å². The molecule has 26 heavy (non-hydrogen) atoms. The zero-order chi connectivity index (χ0) is 20.1. The first-order valence-electron chi connectivity index (χ1n) is 8.67. The highest BCUT2D eigenvalue weighted by molar-refractivity contribution is 6.15. The summed E-state index contributed by atoms with van der Waals surface area (Å²) in [5.41, 5.74) is 0.990. The number of aliphatic carboxylic acids is 1. The van der Waals surface area contributed by atoms with Crippen LogP contribution in [0.25, 0.3) is 5.76 Å². The number of aliphatic hydroxyl groups excluding tert-OH is 1. The number of benzene rings is 1. The molecule has 0 bridgehead atoms. The Morgan fingerprint density at radius 1 is 1.19 bits per heavy atom. The minimum absolute atomic E-state index is 0.0466. The molecule has 2 rings (SSSR count). The minimum Gasteiger partial charge on any atom is -0.507 e. The van der Waals surface area contributed by atoms with Crippen molar-refractivity contribution in [2.75, 3.05) is 5.32 Å². The molecule has 1 aliphatic rings. The number of hydrogen-bond acceptors (Lipinski definition) is 4. The molecule has 1 unspecified atom stereocenters. The van der Waals surface area contributed by atoms with Crippen LogP contribution in [0.5, 0.6) is 0 Å². The van der Waals surface area contributed by atoms with Crippen LogP contribution in [0.1, 0.15) is 63.4 Å². The van der Waals surface area contributed by atoms with Crippen LogP contribution in [-0.4, -0.2) is 27.9 Å². The van der Waals surface area contributed by atoms with Crippen LogP contribution in [0.4, 0.5) is 5.69 Å². The molecule has 0 heterocycles. The summed E-state index contributed by atoms with van der Waals surface area (Å²) in [4.78, 5) is 33.4. The van der Waals surface area contributed by atoms with E-state index in [9.17, 15) is 19.5 Å². The topological polar surface area (TPSA) is 104 Å². The van der Waals surface area contributed by atoms with Gasteiger partial charge in [0.25, 0.3) is 0 Å². The van der Waals surface area contributed by atoms with Crippen LogP contribution in [0.3, 0.4) is 0 Å². The second-order valence-electron chi connectivity index (χ2n) is 7.00. The van der Waals surface area contributed by atoms with Crippen molar-refractivity contribution in [2.24, 2.45) is 11.3 Å². The number of carboxylic acid groups (broad SMARTS) is 1. The predicted molar refractivity (Wildman–Crippen MR) is 101 cm³/mol. The molecule has 0 saturated heterocycles. The molecule has 3 N–H and O–H groups in total. The molecule has 1 atom stereocenters. The second-order valence-corrected chi connectivity index (χ2v) is 7.00. The fourth-order valence-corrected chi connectivity index (χ4v) is 1.93. The van der Waals surface area contributed by atoms with Gasteiger partial charge in [-0.2, -0.15) is 0 Å². The van der Waals surface area contributed by atoms with Gasteiger partial charge in [-0.15, -0.1) is 0 Å². The van der Waals surface area contributed by atoms with E-state index in [-0.39, 0.29) is 23.4 Å². The van der Waals surface area contributed by atoms with E-state index in [0.717, 1.165) is 6.42 Å². The largest absolute Gasteiger partial charge is 0.507 e. The van der Waals surface area contributed by atoms with E-state index in [1.54, 1.807) is 32.0 Å². The van der Waals surface area contributed by atoms with Crippen molar-refractivity contribution in [1.29, 1.82) is 0 Å². The summed E-state index contributed by atoms with van der Waals surface area (Å²) < 4.78 is 0. The summed E-state index contributed by atoms with van der Waals surface area (Å²) in [6.45, 7) is 9.10. The maximum Gasteiger partial charge on any atom is 0.309 e. The van der Waals surface area contributed by atoms with E-state index in [0.29, 0.717) is 23.2 Å². The lowest BCUT2D eigenvalue weighted by molar-refractivity contribution is -0.147. The van der Waals surface area contributed by atoms with E-state index >= 15 is 0 Å². The van der Waals surface area contributed by atoms with Crippen LogP contribution in [0, 0.1) is 11.3 Å². The summed E-state index contributed by atoms with van der Waals surface area (Å²) >= 11 is 0. The van der Waals surface area contributed by atoms with Crippen LogP contribution in [0.2, 0.25) is 0 Å². The molecule has 0 spiro atoms. The van der Waals surface area contributed by atoms with Crippen molar-refractivity contribution in [1.82, 2.24) is 0 Å². The Bertz CT molecular complexity index is 734. The first kappa shape index (κ1) is 21.4. The van der Waals surface area contributed by atoms with E-state index in [4.69, 9.17) is 5.11 Å². The second kappa shape index (κ2) is 8.65. The molecule has 0 saturated carbocycles. The van der Waals surface area contributed by atoms with Gasteiger partial charge in [-0.3, -0.25) is 14.4 Å². The number of carboxylic acids is 1. The van der Waals surface area contributed by atoms with Gasteiger partial charge in [-0.1, -0.05) is 20.8 Å². The molecular formula is C20H27NO5. The lowest BCUT2D eigenvalue weighted by Crippen LogP contribution is -2.21. The molecular weight excluding hydrogens is 334 g/mol. The Hall–Kier alpha value is -2.63. The normalized spacial score (nSPS) is 13.9. The Kier molecular flexibility index (Phi) is 7.12. The number of nitrogens with one attached hydrogen (secondary N) is 1. The fourth-order valence-electron chi connectivity index (χ4n) is 1.93. The van der Waals surface area contributed by atoms with Crippen LogP contribution < -0.4 is 5.32 Å². The molecule has 1 aromatic rings. The van der Waals surface area contributed by atoms with Crippen LogP contribution >= 0.6 is 0 Å². The van der Waals surface area contributed by atoms with Crippen LogP contribution in [-0.2, 0) is 9.59 Å². The molecule has 6 nitrogen and oxygen atoms in total. The summed E-state index contributed by atoms with van der Waals surface area (Å²) in [5.74, 6) is -1.11. The van der Waals surface area contributed by atoms with Gasteiger partial charge in [0.2, 0.25) is 5.91 Å². The standard InChI is InChI=1S/C14H15NO3.C6H12O2/c1-3-8(2)14(18)15-9-4-5-10-11(6-9)13(17)7-12(10)16;1-4-6(2,3)5(7)8/h4-8,17H,3H2,1-2H3,(H,15,18);4H2,1-3H3,(H,7,8). The zero-order valence-corrected chi connectivity index (χ0v) is 15.9. The Morgan fingerprint density at radius 2 is 1.81 bits per heavy atom.